The molecule has 1 atom stereocenters. The van der Waals surface area contributed by atoms with Gasteiger partial charge in [0.2, 0.25) is 0 Å². The second kappa shape index (κ2) is 7.40. The van der Waals surface area contributed by atoms with Crippen molar-refractivity contribution >= 4 is 34.8 Å². The molecule has 2 aliphatic heterocycles. The maximum Gasteiger partial charge on any atom is 0.414 e. The molecule has 1 aromatic rings. The molecule has 9 heteroatoms. The Balaban J connectivity index is 1.70. The number of amides is 1. The number of halogens is 1. The van der Waals surface area contributed by atoms with Gasteiger partial charge in [0.05, 0.1) is 37.7 Å². The number of cyclic esters (lactones) is 1. The molecule has 2 heterocycles. The summed E-state index contributed by atoms with van der Waals surface area (Å²) in [5.41, 5.74) is 6.53. The molecule has 2 fully saturated rings. The Bertz CT molecular complexity index is 669. The normalized spacial score (nSPS) is 20.6. The van der Waals surface area contributed by atoms with Crippen molar-refractivity contribution in [2.45, 2.75) is 6.10 Å². The zero-order valence-electron chi connectivity index (χ0n) is 14.0. The number of hydrogen-bond acceptors (Lipinski definition) is 5. The topological polar surface area (TPSA) is 71.3 Å². The Labute approximate surface area is 151 Å². The number of carbonyl (C=O) groups excluding carboxylic acids is 1. The molecular weight excluding hydrogens is 347 g/mol. The van der Waals surface area contributed by atoms with Crippen LogP contribution in [0.5, 0.6) is 0 Å². The van der Waals surface area contributed by atoms with Gasteiger partial charge in [-0.25, -0.2) is 9.18 Å². The lowest BCUT2D eigenvalue weighted by atomic mass is 10.2. The van der Waals surface area contributed by atoms with Gasteiger partial charge in [-0.05, 0) is 30.4 Å². The largest absolute Gasteiger partial charge is 0.442 e. The number of hydrogen-bond donors (Lipinski definition) is 1. The Morgan fingerprint density at radius 2 is 2.16 bits per heavy atom. The van der Waals surface area contributed by atoms with Crippen molar-refractivity contribution in [2.75, 3.05) is 56.2 Å². The summed E-state index contributed by atoms with van der Waals surface area (Å²) in [5.74, 6) is -0.365. The van der Waals surface area contributed by atoms with E-state index < -0.39 is 6.09 Å². The number of benzene rings is 1. The van der Waals surface area contributed by atoms with Gasteiger partial charge in [0.15, 0.2) is 5.11 Å². The number of morpholine rings is 1. The average Bonchev–Trinajstić information content (AvgIpc) is 2.95. The second-order valence-corrected chi connectivity index (χ2v) is 6.49. The maximum atomic E-state index is 14.5. The molecule has 1 amide bonds. The SMILES string of the molecule is CN(CC1CN(c2ccc(N3CCOCC3)c(F)c2)C(=O)O1)C(N)=S. The van der Waals surface area contributed by atoms with Crippen LogP contribution in [-0.4, -0.2) is 68.7 Å². The predicted octanol–water partition coefficient (Wildman–Crippen LogP) is 1.16. The van der Waals surface area contributed by atoms with Crippen molar-refractivity contribution in [3.63, 3.8) is 0 Å². The van der Waals surface area contributed by atoms with E-state index in [1.165, 1.54) is 11.0 Å². The highest BCUT2D eigenvalue weighted by Crippen LogP contribution is 2.28. The van der Waals surface area contributed by atoms with Crippen LogP contribution in [0.2, 0.25) is 0 Å². The third-order valence-corrected chi connectivity index (χ3v) is 4.63. The highest BCUT2D eigenvalue weighted by Gasteiger charge is 2.33. The van der Waals surface area contributed by atoms with Crippen molar-refractivity contribution in [1.29, 1.82) is 0 Å². The smallest absolute Gasteiger partial charge is 0.414 e. The zero-order chi connectivity index (χ0) is 18.0. The van der Waals surface area contributed by atoms with Gasteiger partial charge in [-0.3, -0.25) is 4.90 Å². The third kappa shape index (κ3) is 3.93. The minimum atomic E-state index is -0.500. The Morgan fingerprint density at radius 3 is 2.80 bits per heavy atom. The summed E-state index contributed by atoms with van der Waals surface area (Å²) in [6.45, 7) is 3.18. The average molecular weight is 368 g/mol. The van der Waals surface area contributed by atoms with Crippen LogP contribution in [0, 0.1) is 5.82 Å². The molecule has 3 rings (SSSR count). The van der Waals surface area contributed by atoms with Gasteiger partial charge in [0, 0.05) is 20.1 Å². The van der Waals surface area contributed by atoms with E-state index in [4.69, 9.17) is 27.4 Å². The minimum Gasteiger partial charge on any atom is -0.442 e. The van der Waals surface area contributed by atoms with Crippen molar-refractivity contribution in [2.24, 2.45) is 5.73 Å². The molecule has 0 aromatic heterocycles. The molecule has 2 N–H and O–H groups in total. The molecule has 0 saturated carbocycles. The van der Waals surface area contributed by atoms with Crippen LogP contribution in [0.25, 0.3) is 0 Å². The lowest BCUT2D eigenvalue weighted by molar-refractivity contribution is 0.122. The van der Waals surface area contributed by atoms with E-state index in [-0.39, 0.29) is 17.0 Å². The van der Waals surface area contributed by atoms with Gasteiger partial charge in [0.25, 0.3) is 0 Å². The van der Waals surface area contributed by atoms with Crippen LogP contribution in [-0.2, 0) is 9.47 Å². The number of thiocarbonyl (C=S) groups is 1. The Morgan fingerprint density at radius 1 is 1.44 bits per heavy atom. The first-order valence-corrected chi connectivity index (χ1v) is 8.47. The quantitative estimate of drug-likeness (QED) is 0.800. The van der Waals surface area contributed by atoms with Gasteiger partial charge < -0.3 is 25.0 Å². The number of anilines is 2. The van der Waals surface area contributed by atoms with E-state index in [9.17, 15) is 9.18 Å². The number of rotatable bonds is 4. The minimum absolute atomic E-state index is 0.232. The number of carbonyl (C=O) groups is 1. The van der Waals surface area contributed by atoms with Crippen LogP contribution < -0.4 is 15.5 Å². The summed E-state index contributed by atoms with van der Waals surface area (Å²) in [6.07, 6.45) is -0.874. The fourth-order valence-corrected chi connectivity index (χ4v) is 3.02. The first-order valence-electron chi connectivity index (χ1n) is 8.06. The van der Waals surface area contributed by atoms with E-state index >= 15 is 0 Å². The lowest BCUT2D eigenvalue weighted by Crippen LogP contribution is -2.39. The first-order chi connectivity index (χ1) is 12.0. The van der Waals surface area contributed by atoms with E-state index in [0.29, 0.717) is 50.8 Å². The van der Waals surface area contributed by atoms with Crippen LogP contribution in [0.15, 0.2) is 18.2 Å². The van der Waals surface area contributed by atoms with Crippen molar-refractivity contribution in [1.82, 2.24) is 4.90 Å². The molecule has 25 heavy (non-hydrogen) atoms. The maximum absolute atomic E-state index is 14.5. The standard InChI is InChI=1S/C16H21FN4O3S/c1-19(15(18)25)9-12-10-21(16(22)24-12)11-2-3-14(13(17)8-11)20-4-6-23-7-5-20/h2-3,8,12H,4-7,9-10H2,1H3,(H2,18,25). The van der Waals surface area contributed by atoms with Gasteiger partial charge in [-0.1, -0.05) is 0 Å². The molecule has 0 aliphatic carbocycles. The lowest BCUT2D eigenvalue weighted by Gasteiger charge is -2.29. The summed E-state index contributed by atoms with van der Waals surface area (Å²) in [7, 11) is 1.73. The van der Waals surface area contributed by atoms with E-state index in [1.807, 2.05) is 4.90 Å². The molecule has 1 aromatic carbocycles. The van der Waals surface area contributed by atoms with E-state index in [0.717, 1.165) is 0 Å². The van der Waals surface area contributed by atoms with Crippen molar-refractivity contribution in [3.8, 4) is 0 Å². The molecular formula is C16H21FN4O3S. The fourth-order valence-electron chi connectivity index (χ4n) is 2.95. The number of ether oxygens (including phenoxy) is 2. The molecule has 136 valence electrons. The van der Waals surface area contributed by atoms with Gasteiger partial charge in [-0.2, -0.15) is 0 Å². The van der Waals surface area contributed by atoms with Crippen molar-refractivity contribution in [3.05, 3.63) is 24.0 Å². The van der Waals surface area contributed by atoms with Gasteiger partial charge in [-0.15, -0.1) is 0 Å². The van der Waals surface area contributed by atoms with Gasteiger partial charge in [0.1, 0.15) is 11.9 Å². The highest BCUT2D eigenvalue weighted by atomic mass is 32.1. The Hall–Kier alpha value is -2.13. The van der Waals surface area contributed by atoms with E-state index in [1.54, 1.807) is 24.1 Å². The summed E-state index contributed by atoms with van der Waals surface area (Å²) in [5, 5.41) is 0.232. The Kier molecular flexibility index (Phi) is 5.24. The predicted molar refractivity (Wildman–Crippen MR) is 96.5 cm³/mol. The summed E-state index contributed by atoms with van der Waals surface area (Å²) in [6, 6.07) is 4.79. The van der Waals surface area contributed by atoms with Crippen LogP contribution in [0.4, 0.5) is 20.6 Å². The van der Waals surface area contributed by atoms with Crippen molar-refractivity contribution < 1.29 is 18.7 Å². The van der Waals surface area contributed by atoms with Crippen LogP contribution in [0.3, 0.4) is 0 Å². The molecule has 1 unspecified atom stereocenters. The number of nitrogens with two attached hydrogens (primary N) is 1. The number of nitrogens with zero attached hydrogens (tertiary/aromatic N) is 3. The summed E-state index contributed by atoms with van der Waals surface area (Å²) in [4.78, 5) is 17.1. The molecule has 0 spiro atoms. The highest BCUT2D eigenvalue weighted by molar-refractivity contribution is 7.80. The summed E-state index contributed by atoms with van der Waals surface area (Å²) < 4.78 is 25.1. The van der Waals surface area contributed by atoms with E-state index in [2.05, 4.69) is 0 Å². The monoisotopic (exact) mass is 368 g/mol. The molecule has 2 saturated heterocycles. The van der Waals surface area contributed by atoms with Gasteiger partial charge >= 0.3 is 6.09 Å². The summed E-state index contributed by atoms with van der Waals surface area (Å²) >= 11 is 4.89. The first kappa shape index (κ1) is 17.7. The fraction of sp³-hybridized carbons (Fsp3) is 0.500. The molecule has 7 nitrogen and oxygen atoms in total. The second-order valence-electron chi connectivity index (χ2n) is 6.07. The van der Waals surface area contributed by atoms with Crippen LogP contribution >= 0.6 is 12.2 Å². The van der Waals surface area contributed by atoms with Crippen LogP contribution in [0.1, 0.15) is 0 Å². The number of likely N-dealkylation sites (N-methyl/N-ethyl adjacent to an activating group) is 1. The molecule has 0 bridgehead atoms. The molecule has 0 radical (unpaired) electrons. The molecule has 2 aliphatic rings. The third-order valence-electron chi connectivity index (χ3n) is 4.32. The zero-order valence-corrected chi connectivity index (χ0v) is 14.8.